The van der Waals surface area contributed by atoms with E-state index >= 15 is 0 Å². The second kappa shape index (κ2) is 5.08. The van der Waals surface area contributed by atoms with Gasteiger partial charge in [-0.25, -0.2) is 0 Å². The average Bonchev–Trinajstić information content (AvgIpc) is 2.42. The molecule has 1 aliphatic heterocycles. The number of hydrogen-bond acceptors (Lipinski definition) is 6. The maximum Gasteiger partial charge on any atom is 0.294 e. The molecule has 14 heavy (non-hydrogen) atoms. The van der Waals surface area contributed by atoms with Gasteiger partial charge in [-0.15, -0.1) is 10.1 Å². The minimum absolute atomic E-state index is 0.0659. The van der Waals surface area contributed by atoms with Crippen LogP contribution in [0.25, 0.3) is 0 Å². The fraction of sp³-hybridized carbons (Fsp3) is 1.00. The summed E-state index contributed by atoms with van der Waals surface area (Å²) in [6.45, 7) is 1.94. The molecule has 1 heterocycles. The van der Waals surface area contributed by atoms with E-state index in [0.717, 1.165) is 0 Å². The Labute approximate surface area is 80.7 Å². The Morgan fingerprint density at radius 1 is 1.64 bits per heavy atom. The van der Waals surface area contributed by atoms with Crippen LogP contribution in [-0.4, -0.2) is 48.3 Å². The van der Waals surface area contributed by atoms with E-state index in [-0.39, 0.29) is 25.9 Å². The van der Waals surface area contributed by atoms with Gasteiger partial charge in [-0.2, -0.15) is 0 Å². The van der Waals surface area contributed by atoms with Crippen LogP contribution in [0, 0.1) is 10.1 Å². The van der Waals surface area contributed by atoms with Gasteiger partial charge in [0.15, 0.2) is 0 Å². The van der Waals surface area contributed by atoms with E-state index in [9.17, 15) is 15.2 Å². The first-order valence-electron chi connectivity index (χ1n) is 4.30. The summed E-state index contributed by atoms with van der Waals surface area (Å²) < 4.78 is 10.3. The van der Waals surface area contributed by atoms with Crippen LogP contribution in [-0.2, 0) is 14.3 Å². The molecule has 0 spiro atoms. The second-order valence-corrected chi connectivity index (χ2v) is 3.00. The van der Waals surface area contributed by atoms with Gasteiger partial charge in [0.1, 0.15) is 18.8 Å². The number of nitrogens with zero attached hydrogens (tertiary/aromatic N) is 1. The fourth-order valence-corrected chi connectivity index (χ4v) is 1.30. The van der Waals surface area contributed by atoms with Crippen LogP contribution in [0.2, 0.25) is 0 Å². The normalized spacial score (nSPS) is 31.7. The highest BCUT2D eigenvalue weighted by Crippen LogP contribution is 2.16. The Morgan fingerprint density at radius 3 is 2.86 bits per heavy atom. The van der Waals surface area contributed by atoms with E-state index < -0.39 is 17.3 Å². The summed E-state index contributed by atoms with van der Waals surface area (Å²) in [5, 5.41) is 18.2. The number of ether oxygens (including phenoxy) is 2. The summed E-state index contributed by atoms with van der Waals surface area (Å²) in [6.07, 6.45) is -1.29. The van der Waals surface area contributed by atoms with Gasteiger partial charge in [-0.05, 0) is 6.92 Å². The summed E-state index contributed by atoms with van der Waals surface area (Å²) >= 11 is 0. The van der Waals surface area contributed by atoms with Crippen LogP contribution in [0.3, 0.4) is 0 Å². The summed E-state index contributed by atoms with van der Waals surface area (Å²) in [6, 6.07) is 0. The molecule has 0 saturated carbocycles. The molecule has 0 radical (unpaired) electrons. The standard InChI is InChI=1S/C7H13NO6/c1-5-7(6(9)4-13-5)12-2-3-14-8(10)11/h5-7,9H,2-4H2,1H3/t5-,6?,7+/m1/s1. The molecule has 7 heteroatoms. The third-order valence-electron chi connectivity index (χ3n) is 1.96. The molecular formula is C7H13NO6. The van der Waals surface area contributed by atoms with Gasteiger partial charge in [0.05, 0.1) is 19.3 Å². The SMILES string of the molecule is C[C@H]1OCC(O)[C@H]1OCCO[N+](=O)[O-]. The third kappa shape index (κ3) is 3.09. The van der Waals surface area contributed by atoms with Gasteiger partial charge < -0.3 is 19.4 Å². The Hall–Kier alpha value is -0.920. The highest BCUT2D eigenvalue weighted by molar-refractivity contribution is 4.81. The molecule has 0 aliphatic carbocycles. The van der Waals surface area contributed by atoms with Crippen LogP contribution < -0.4 is 0 Å². The molecule has 0 aromatic carbocycles. The largest absolute Gasteiger partial charge is 0.388 e. The van der Waals surface area contributed by atoms with E-state index in [4.69, 9.17) is 9.47 Å². The zero-order chi connectivity index (χ0) is 10.6. The fourth-order valence-electron chi connectivity index (χ4n) is 1.30. The van der Waals surface area contributed by atoms with Crippen molar-refractivity contribution in [1.82, 2.24) is 0 Å². The van der Waals surface area contributed by atoms with E-state index in [1.807, 2.05) is 0 Å². The van der Waals surface area contributed by atoms with Crippen molar-refractivity contribution in [2.24, 2.45) is 0 Å². The Bertz CT molecular complexity index is 189. The molecule has 1 fully saturated rings. The van der Waals surface area contributed by atoms with Gasteiger partial charge in [-0.3, -0.25) is 0 Å². The molecule has 1 unspecified atom stereocenters. The van der Waals surface area contributed by atoms with Crippen LogP contribution in [0.4, 0.5) is 0 Å². The molecule has 0 aromatic rings. The van der Waals surface area contributed by atoms with E-state index in [0.29, 0.717) is 0 Å². The van der Waals surface area contributed by atoms with Crippen molar-refractivity contribution in [3.05, 3.63) is 10.1 Å². The monoisotopic (exact) mass is 207 g/mol. The Kier molecular flexibility index (Phi) is 4.05. The first-order valence-corrected chi connectivity index (χ1v) is 4.30. The maximum atomic E-state index is 9.78. The summed E-state index contributed by atoms with van der Waals surface area (Å²) in [5.41, 5.74) is 0. The minimum atomic E-state index is -0.881. The van der Waals surface area contributed by atoms with E-state index in [2.05, 4.69) is 4.84 Å². The maximum absolute atomic E-state index is 9.78. The number of rotatable bonds is 5. The number of aliphatic hydroxyl groups excluding tert-OH is 1. The Balaban J connectivity index is 2.14. The number of aliphatic hydroxyl groups is 1. The lowest BCUT2D eigenvalue weighted by molar-refractivity contribution is -0.758. The predicted octanol–water partition coefficient (Wildman–Crippen LogP) is -0.640. The molecule has 1 rings (SSSR count). The van der Waals surface area contributed by atoms with Gasteiger partial charge in [0.2, 0.25) is 0 Å². The van der Waals surface area contributed by atoms with Crippen molar-refractivity contribution in [3.63, 3.8) is 0 Å². The molecule has 0 amide bonds. The molecule has 0 bridgehead atoms. The van der Waals surface area contributed by atoms with E-state index in [1.165, 1.54) is 0 Å². The van der Waals surface area contributed by atoms with Crippen molar-refractivity contribution in [2.75, 3.05) is 19.8 Å². The summed E-state index contributed by atoms with van der Waals surface area (Å²) in [4.78, 5) is 13.8. The Morgan fingerprint density at radius 2 is 2.36 bits per heavy atom. The zero-order valence-corrected chi connectivity index (χ0v) is 7.79. The number of hydrogen-bond donors (Lipinski definition) is 1. The summed E-state index contributed by atoms with van der Waals surface area (Å²) in [5.74, 6) is 0. The van der Waals surface area contributed by atoms with Crippen LogP contribution in [0.1, 0.15) is 6.92 Å². The molecule has 7 nitrogen and oxygen atoms in total. The molecule has 0 aromatic heterocycles. The van der Waals surface area contributed by atoms with Crippen molar-refractivity contribution < 1.29 is 24.5 Å². The topological polar surface area (TPSA) is 91.1 Å². The molecule has 1 saturated heterocycles. The first-order chi connectivity index (χ1) is 6.61. The molecule has 1 aliphatic rings. The molecule has 82 valence electrons. The smallest absolute Gasteiger partial charge is 0.294 e. The highest BCUT2D eigenvalue weighted by Gasteiger charge is 2.33. The van der Waals surface area contributed by atoms with Crippen molar-refractivity contribution >= 4 is 0 Å². The van der Waals surface area contributed by atoms with E-state index in [1.54, 1.807) is 6.92 Å². The van der Waals surface area contributed by atoms with Crippen LogP contribution in [0.15, 0.2) is 0 Å². The summed E-state index contributed by atoms with van der Waals surface area (Å²) in [7, 11) is 0. The van der Waals surface area contributed by atoms with Gasteiger partial charge >= 0.3 is 0 Å². The predicted molar refractivity (Wildman–Crippen MR) is 44.1 cm³/mol. The molecular weight excluding hydrogens is 194 g/mol. The minimum Gasteiger partial charge on any atom is -0.388 e. The van der Waals surface area contributed by atoms with Crippen LogP contribution >= 0.6 is 0 Å². The average molecular weight is 207 g/mol. The lowest BCUT2D eigenvalue weighted by atomic mass is 10.2. The second-order valence-electron chi connectivity index (χ2n) is 3.00. The van der Waals surface area contributed by atoms with Crippen molar-refractivity contribution in [3.8, 4) is 0 Å². The van der Waals surface area contributed by atoms with Crippen LogP contribution in [0.5, 0.6) is 0 Å². The third-order valence-corrected chi connectivity index (χ3v) is 1.96. The highest BCUT2D eigenvalue weighted by atomic mass is 17.0. The lowest BCUT2D eigenvalue weighted by Crippen LogP contribution is -2.32. The van der Waals surface area contributed by atoms with Gasteiger partial charge in [0, 0.05) is 0 Å². The first kappa shape index (κ1) is 11.2. The molecule has 3 atom stereocenters. The van der Waals surface area contributed by atoms with Crippen molar-refractivity contribution in [2.45, 2.75) is 25.2 Å². The lowest BCUT2D eigenvalue weighted by Gasteiger charge is -2.17. The zero-order valence-electron chi connectivity index (χ0n) is 7.79. The van der Waals surface area contributed by atoms with Crippen molar-refractivity contribution in [1.29, 1.82) is 0 Å². The van der Waals surface area contributed by atoms with Gasteiger partial charge in [0.25, 0.3) is 5.09 Å². The molecule has 1 N–H and O–H groups in total. The quantitative estimate of drug-likeness (QED) is 0.366. The van der Waals surface area contributed by atoms with Gasteiger partial charge in [-0.1, -0.05) is 0 Å².